The molecule has 3 heteroatoms. The summed E-state index contributed by atoms with van der Waals surface area (Å²) in [4.78, 5) is 0. The van der Waals surface area contributed by atoms with Gasteiger partial charge in [0.2, 0.25) is 11.0 Å². The summed E-state index contributed by atoms with van der Waals surface area (Å²) in [5, 5.41) is 2.41. The molecule has 4 rings (SSSR count). The Balaban J connectivity index is 0.00000182. The van der Waals surface area contributed by atoms with Crippen molar-refractivity contribution in [2.24, 2.45) is 7.05 Å². The van der Waals surface area contributed by atoms with E-state index in [-0.39, 0.29) is 29.8 Å². The maximum Gasteiger partial charge on any atom is 0.213 e. The molecule has 4 aromatic rings. The van der Waals surface area contributed by atoms with Gasteiger partial charge in [0.1, 0.15) is 12.9 Å². The molecular weight excluding hydrogens is 424 g/mol. The molecule has 25 heavy (non-hydrogen) atoms. The smallest absolute Gasteiger partial charge is 0.213 e. The van der Waals surface area contributed by atoms with Gasteiger partial charge in [-0.15, -0.1) is 0 Å². The van der Waals surface area contributed by atoms with Crippen molar-refractivity contribution in [1.29, 1.82) is 0 Å². The highest BCUT2D eigenvalue weighted by molar-refractivity contribution is 6.01. The zero-order valence-corrected chi connectivity index (χ0v) is 15.9. The Kier molecular flexibility index (Phi) is 5.13. The molecule has 0 amide bonds. The van der Waals surface area contributed by atoms with Crippen LogP contribution in [0.3, 0.4) is 0 Å². The Hall–Kier alpha value is -2.27. The van der Waals surface area contributed by atoms with Crippen molar-refractivity contribution >= 4 is 34.0 Å². The molecule has 0 radical (unpaired) electrons. The summed E-state index contributed by atoms with van der Waals surface area (Å²) in [7, 11) is 2.10. The SMILES string of the molecule is C[n+]1c2ccccc2c(/C=C/c2ccc(F)cc2)c2ccccc21.[I-]. The Morgan fingerprint density at radius 3 is 1.80 bits per heavy atom. The molecule has 124 valence electrons. The lowest BCUT2D eigenvalue weighted by molar-refractivity contribution is -0.617. The third-order valence-corrected chi connectivity index (χ3v) is 4.42. The zero-order valence-electron chi connectivity index (χ0n) is 13.8. The topological polar surface area (TPSA) is 3.88 Å². The van der Waals surface area contributed by atoms with Crippen LogP contribution in [0.4, 0.5) is 4.39 Å². The van der Waals surface area contributed by atoms with Crippen molar-refractivity contribution in [3.63, 3.8) is 0 Å². The van der Waals surface area contributed by atoms with Gasteiger partial charge >= 0.3 is 0 Å². The van der Waals surface area contributed by atoms with Crippen LogP contribution in [0.5, 0.6) is 0 Å². The minimum absolute atomic E-state index is 0. The van der Waals surface area contributed by atoms with E-state index in [4.69, 9.17) is 0 Å². The number of para-hydroxylation sites is 2. The molecule has 0 unspecified atom stereocenters. The lowest BCUT2D eigenvalue weighted by Crippen LogP contribution is -3.00. The fourth-order valence-electron chi connectivity index (χ4n) is 3.20. The number of hydrogen-bond donors (Lipinski definition) is 0. The number of nitrogens with zero attached hydrogens (tertiary/aromatic N) is 1. The van der Waals surface area contributed by atoms with Crippen LogP contribution in [0.15, 0.2) is 72.8 Å². The first-order valence-corrected chi connectivity index (χ1v) is 7.97. The first kappa shape index (κ1) is 17.5. The summed E-state index contributed by atoms with van der Waals surface area (Å²) < 4.78 is 15.3. The fourth-order valence-corrected chi connectivity index (χ4v) is 3.20. The van der Waals surface area contributed by atoms with Crippen LogP contribution in [-0.4, -0.2) is 0 Å². The zero-order chi connectivity index (χ0) is 16.5. The Morgan fingerprint density at radius 2 is 1.24 bits per heavy atom. The molecule has 1 aromatic heterocycles. The number of aryl methyl sites for hydroxylation is 1. The van der Waals surface area contributed by atoms with Crippen LogP contribution in [0, 0.1) is 5.82 Å². The van der Waals surface area contributed by atoms with Crippen LogP contribution >= 0.6 is 0 Å². The van der Waals surface area contributed by atoms with Crippen molar-refractivity contribution in [2.45, 2.75) is 0 Å². The van der Waals surface area contributed by atoms with E-state index < -0.39 is 0 Å². The summed E-state index contributed by atoms with van der Waals surface area (Å²) in [5.74, 6) is -0.213. The molecule has 0 saturated carbocycles. The highest BCUT2D eigenvalue weighted by Crippen LogP contribution is 2.26. The number of benzene rings is 3. The second kappa shape index (κ2) is 7.31. The van der Waals surface area contributed by atoms with E-state index in [2.05, 4.69) is 66.2 Å². The first-order valence-electron chi connectivity index (χ1n) is 7.97. The van der Waals surface area contributed by atoms with Crippen molar-refractivity contribution in [3.05, 3.63) is 89.7 Å². The maximum atomic E-state index is 13.1. The standard InChI is InChI=1S/C22H17FN.HI/c1-24-21-8-4-2-6-19(21)18(20-7-3-5-9-22(20)24)15-12-16-10-13-17(23)14-11-16;/h2-15H,1H3;1H/q+1;/p-1/b15-12+;. The van der Waals surface area contributed by atoms with Crippen molar-refractivity contribution in [2.75, 3.05) is 0 Å². The predicted molar refractivity (Wildman–Crippen MR) is 98.0 cm³/mol. The molecule has 0 aliphatic carbocycles. The van der Waals surface area contributed by atoms with E-state index in [1.165, 1.54) is 39.5 Å². The Labute approximate surface area is 163 Å². The van der Waals surface area contributed by atoms with E-state index in [0.717, 1.165) is 5.56 Å². The van der Waals surface area contributed by atoms with Gasteiger partial charge in [-0.2, -0.15) is 4.57 Å². The number of rotatable bonds is 2. The monoisotopic (exact) mass is 441 g/mol. The number of halogens is 2. The minimum Gasteiger partial charge on any atom is -1.00 e. The summed E-state index contributed by atoms with van der Waals surface area (Å²) >= 11 is 0. The maximum absolute atomic E-state index is 13.1. The first-order chi connectivity index (χ1) is 11.7. The average Bonchev–Trinajstić information content (AvgIpc) is 2.63. The third-order valence-electron chi connectivity index (χ3n) is 4.42. The van der Waals surface area contributed by atoms with Crippen LogP contribution in [0.2, 0.25) is 0 Å². The highest BCUT2D eigenvalue weighted by Gasteiger charge is 2.15. The normalized spacial score (nSPS) is 11.1. The summed E-state index contributed by atoms with van der Waals surface area (Å²) in [6, 6.07) is 23.4. The minimum atomic E-state index is -0.213. The molecular formula is C22H17FIN. The van der Waals surface area contributed by atoms with Gasteiger partial charge in [-0.25, -0.2) is 4.39 Å². The molecule has 1 nitrogen and oxygen atoms in total. The van der Waals surface area contributed by atoms with Crippen molar-refractivity contribution < 1.29 is 32.9 Å². The lowest BCUT2D eigenvalue weighted by atomic mass is 10.0. The average molecular weight is 441 g/mol. The molecule has 1 heterocycles. The van der Waals surface area contributed by atoms with Gasteiger partial charge in [0.25, 0.3) is 0 Å². The fraction of sp³-hybridized carbons (Fsp3) is 0.0455. The van der Waals surface area contributed by atoms with Crippen LogP contribution in [-0.2, 0) is 7.05 Å². The Morgan fingerprint density at radius 1 is 0.720 bits per heavy atom. The van der Waals surface area contributed by atoms with E-state index in [0.29, 0.717) is 0 Å². The molecule has 0 aliphatic heterocycles. The largest absolute Gasteiger partial charge is 1.00 e. The molecule has 0 aliphatic rings. The van der Waals surface area contributed by atoms with Gasteiger partial charge in [-0.1, -0.05) is 48.6 Å². The van der Waals surface area contributed by atoms with Crippen LogP contribution < -0.4 is 28.5 Å². The number of aromatic nitrogens is 1. The molecule has 0 fully saturated rings. The lowest BCUT2D eigenvalue weighted by Gasteiger charge is -2.07. The Bertz CT molecular complexity index is 1010. The van der Waals surface area contributed by atoms with E-state index in [1.807, 2.05) is 6.08 Å². The van der Waals surface area contributed by atoms with Gasteiger partial charge in [-0.3, -0.25) is 0 Å². The number of fused-ring (bicyclic) bond motifs is 2. The second-order valence-corrected chi connectivity index (χ2v) is 5.89. The van der Waals surface area contributed by atoms with E-state index >= 15 is 0 Å². The van der Waals surface area contributed by atoms with Crippen LogP contribution in [0.25, 0.3) is 34.0 Å². The van der Waals surface area contributed by atoms with Gasteiger partial charge in [0.15, 0.2) is 0 Å². The number of hydrogen-bond acceptors (Lipinski definition) is 0. The van der Waals surface area contributed by atoms with Gasteiger partial charge in [-0.05, 0) is 29.8 Å². The summed E-state index contributed by atoms with van der Waals surface area (Å²) in [5.41, 5.74) is 4.55. The van der Waals surface area contributed by atoms with Gasteiger partial charge in [0.05, 0.1) is 10.8 Å². The molecule has 0 atom stereocenters. The molecule has 0 spiro atoms. The molecule has 0 bridgehead atoms. The number of pyridine rings is 1. The van der Waals surface area contributed by atoms with E-state index in [1.54, 1.807) is 12.1 Å². The van der Waals surface area contributed by atoms with Gasteiger partial charge in [0, 0.05) is 17.7 Å². The van der Waals surface area contributed by atoms with Crippen LogP contribution in [0.1, 0.15) is 11.1 Å². The molecule has 0 N–H and O–H groups in total. The molecule has 3 aromatic carbocycles. The van der Waals surface area contributed by atoms with Crippen molar-refractivity contribution in [3.8, 4) is 0 Å². The molecule has 0 saturated heterocycles. The third kappa shape index (κ3) is 3.29. The highest BCUT2D eigenvalue weighted by atomic mass is 127. The summed E-state index contributed by atoms with van der Waals surface area (Å²) in [6.07, 6.45) is 4.16. The predicted octanol–water partition coefficient (Wildman–Crippen LogP) is 2.13. The van der Waals surface area contributed by atoms with E-state index in [9.17, 15) is 4.39 Å². The quantitative estimate of drug-likeness (QED) is 0.255. The second-order valence-electron chi connectivity index (χ2n) is 5.89. The van der Waals surface area contributed by atoms with Gasteiger partial charge < -0.3 is 24.0 Å². The summed E-state index contributed by atoms with van der Waals surface area (Å²) in [6.45, 7) is 0. The van der Waals surface area contributed by atoms with Crippen molar-refractivity contribution in [1.82, 2.24) is 0 Å².